The highest BCUT2D eigenvalue weighted by Gasteiger charge is 2.23. The van der Waals surface area contributed by atoms with Gasteiger partial charge in [0.15, 0.2) is 0 Å². The summed E-state index contributed by atoms with van der Waals surface area (Å²) in [5.74, 6) is -2.57. The maximum Gasteiger partial charge on any atom is 0.303 e. The highest BCUT2D eigenvalue weighted by Crippen LogP contribution is 2.09. The third-order valence-electron chi connectivity index (χ3n) is 4.75. The molecule has 0 radical (unpaired) electrons. The third kappa shape index (κ3) is 14.5. The summed E-state index contributed by atoms with van der Waals surface area (Å²) < 4.78 is 0. The standard InChI is InChI=1S/C21H37N3O6/c1-3-4-5-7-10-16(25)11-8-6-9-12-18(26)23-15(2)21(30)24-17(20(22)29)13-14-19(27)28/h15,17H,3-14H2,1-2H3,(H2,22,29)(H,23,26)(H,24,30)(H,27,28)/t15-,17+/m0/s1. The Morgan fingerprint density at radius 3 is 1.93 bits per heavy atom. The Kier molecular flexibility index (Phi) is 15.0. The smallest absolute Gasteiger partial charge is 0.303 e. The van der Waals surface area contributed by atoms with Crippen LogP contribution in [0.1, 0.15) is 90.9 Å². The van der Waals surface area contributed by atoms with Crippen molar-refractivity contribution in [2.45, 2.75) is 103 Å². The second-order valence-corrected chi connectivity index (χ2v) is 7.60. The van der Waals surface area contributed by atoms with Crippen LogP contribution in [0.4, 0.5) is 0 Å². The molecule has 9 nitrogen and oxygen atoms in total. The number of nitrogens with two attached hydrogens (primary N) is 1. The van der Waals surface area contributed by atoms with Crippen LogP contribution in [-0.2, 0) is 24.0 Å². The number of nitrogens with one attached hydrogen (secondary N) is 2. The molecule has 30 heavy (non-hydrogen) atoms. The summed E-state index contributed by atoms with van der Waals surface area (Å²) in [4.78, 5) is 57.8. The topological polar surface area (TPSA) is 156 Å². The molecule has 0 heterocycles. The first-order valence-corrected chi connectivity index (χ1v) is 10.8. The minimum absolute atomic E-state index is 0.117. The van der Waals surface area contributed by atoms with Gasteiger partial charge >= 0.3 is 5.97 Å². The van der Waals surface area contributed by atoms with Crippen LogP contribution in [0.5, 0.6) is 0 Å². The number of ketones is 1. The molecule has 9 heteroatoms. The number of Topliss-reactive ketones (excluding diaryl/α,β-unsaturated/α-hetero) is 1. The van der Waals surface area contributed by atoms with E-state index in [4.69, 9.17) is 10.8 Å². The predicted octanol–water partition coefficient (Wildman–Crippen LogP) is 1.82. The number of aliphatic carboxylic acids is 1. The van der Waals surface area contributed by atoms with Crippen LogP contribution in [0.15, 0.2) is 0 Å². The lowest BCUT2D eigenvalue weighted by Gasteiger charge is -2.19. The summed E-state index contributed by atoms with van der Waals surface area (Å²) >= 11 is 0. The van der Waals surface area contributed by atoms with E-state index in [2.05, 4.69) is 17.6 Å². The van der Waals surface area contributed by atoms with Crippen molar-refractivity contribution in [2.75, 3.05) is 0 Å². The first-order chi connectivity index (χ1) is 14.2. The molecule has 0 bridgehead atoms. The van der Waals surface area contributed by atoms with E-state index in [9.17, 15) is 24.0 Å². The number of rotatable bonds is 18. The van der Waals surface area contributed by atoms with Crippen LogP contribution in [0, 0.1) is 0 Å². The molecule has 5 N–H and O–H groups in total. The number of amides is 3. The Balaban J connectivity index is 4.03. The maximum atomic E-state index is 12.1. The van der Waals surface area contributed by atoms with Crippen molar-refractivity contribution in [2.24, 2.45) is 5.73 Å². The molecule has 0 aromatic carbocycles. The largest absolute Gasteiger partial charge is 0.481 e. The van der Waals surface area contributed by atoms with Gasteiger partial charge in [-0.2, -0.15) is 0 Å². The first kappa shape index (κ1) is 27.5. The van der Waals surface area contributed by atoms with E-state index in [1.807, 2.05) is 0 Å². The zero-order chi connectivity index (χ0) is 22.9. The summed E-state index contributed by atoms with van der Waals surface area (Å²) in [7, 11) is 0. The fourth-order valence-electron chi connectivity index (χ4n) is 2.89. The van der Waals surface area contributed by atoms with Crippen LogP contribution >= 0.6 is 0 Å². The van der Waals surface area contributed by atoms with Crippen molar-refractivity contribution in [3.8, 4) is 0 Å². The Hall–Kier alpha value is -2.45. The second kappa shape index (κ2) is 16.4. The molecule has 0 spiro atoms. The molecule has 0 saturated heterocycles. The van der Waals surface area contributed by atoms with Crippen LogP contribution in [0.3, 0.4) is 0 Å². The Morgan fingerprint density at radius 1 is 0.833 bits per heavy atom. The molecule has 0 aliphatic carbocycles. The van der Waals surface area contributed by atoms with E-state index >= 15 is 0 Å². The van der Waals surface area contributed by atoms with Crippen molar-refractivity contribution >= 4 is 29.5 Å². The highest BCUT2D eigenvalue weighted by atomic mass is 16.4. The van der Waals surface area contributed by atoms with E-state index in [1.54, 1.807) is 0 Å². The molecule has 0 rings (SSSR count). The third-order valence-corrected chi connectivity index (χ3v) is 4.75. The van der Waals surface area contributed by atoms with Crippen LogP contribution in [0.2, 0.25) is 0 Å². The number of unbranched alkanes of at least 4 members (excludes halogenated alkanes) is 5. The average molecular weight is 428 g/mol. The fourth-order valence-corrected chi connectivity index (χ4v) is 2.89. The molecule has 2 atom stereocenters. The molecular weight excluding hydrogens is 390 g/mol. The zero-order valence-corrected chi connectivity index (χ0v) is 18.2. The quantitative estimate of drug-likeness (QED) is 0.244. The number of primary amides is 1. The molecule has 0 aliphatic heterocycles. The second-order valence-electron chi connectivity index (χ2n) is 7.60. The van der Waals surface area contributed by atoms with Crippen LogP contribution in [-0.4, -0.2) is 46.7 Å². The summed E-state index contributed by atoms with van der Waals surface area (Å²) in [5.41, 5.74) is 5.17. The first-order valence-electron chi connectivity index (χ1n) is 10.8. The van der Waals surface area contributed by atoms with Gasteiger partial charge < -0.3 is 21.5 Å². The van der Waals surface area contributed by atoms with Gasteiger partial charge in [-0.1, -0.05) is 32.6 Å². The van der Waals surface area contributed by atoms with Gasteiger partial charge in [0, 0.05) is 25.7 Å². The zero-order valence-electron chi connectivity index (χ0n) is 18.2. The molecule has 0 saturated carbocycles. The molecule has 0 aromatic heterocycles. The van der Waals surface area contributed by atoms with E-state index in [1.165, 1.54) is 6.92 Å². The summed E-state index contributed by atoms with van der Waals surface area (Å²) in [6, 6.07) is -1.98. The minimum atomic E-state index is -1.10. The normalized spacial score (nSPS) is 12.6. The Bertz CT molecular complexity index is 579. The van der Waals surface area contributed by atoms with Gasteiger partial charge in [0.05, 0.1) is 0 Å². The predicted molar refractivity (Wildman–Crippen MR) is 112 cm³/mol. The van der Waals surface area contributed by atoms with Gasteiger partial charge in [0.2, 0.25) is 17.7 Å². The molecule has 0 aliphatic rings. The van der Waals surface area contributed by atoms with E-state index in [0.717, 1.165) is 38.5 Å². The number of carbonyl (C=O) groups excluding carboxylic acids is 4. The number of carbonyl (C=O) groups is 5. The van der Waals surface area contributed by atoms with Gasteiger partial charge in [-0.15, -0.1) is 0 Å². The molecule has 3 amide bonds. The number of hydrogen-bond donors (Lipinski definition) is 4. The Morgan fingerprint density at radius 2 is 1.40 bits per heavy atom. The Labute approximate surface area is 178 Å². The van der Waals surface area contributed by atoms with Crippen LogP contribution in [0.25, 0.3) is 0 Å². The van der Waals surface area contributed by atoms with Gasteiger partial charge in [-0.05, 0) is 32.6 Å². The molecular formula is C21H37N3O6. The van der Waals surface area contributed by atoms with Gasteiger partial charge in [-0.3, -0.25) is 24.0 Å². The number of carboxylic acids is 1. The lowest BCUT2D eigenvalue weighted by Crippen LogP contribution is -2.51. The molecule has 0 unspecified atom stereocenters. The van der Waals surface area contributed by atoms with Crippen molar-refractivity contribution in [3.05, 3.63) is 0 Å². The minimum Gasteiger partial charge on any atom is -0.481 e. The molecule has 172 valence electrons. The molecule has 0 aromatic rings. The van der Waals surface area contributed by atoms with E-state index < -0.39 is 29.9 Å². The number of carboxylic acid groups (broad SMARTS) is 1. The van der Waals surface area contributed by atoms with Gasteiger partial charge in [0.25, 0.3) is 0 Å². The molecule has 0 fully saturated rings. The fraction of sp³-hybridized carbons (Fsp3) is 0.762. The lowest BCUT2D eigenvalue weighted by atomic mass is 10.0. The number of hydrogen-bond acceptors (Lipinski definition) is 5. The highest BCUT2D eigenvalue weighted by molar-refractivity contribution is 5.91. The van der Waals surface area contributed by atoms with Gasteiger partial charge in [-0.25, -0.2) is 0 Å². The van der Waals surface area contributed by atoms with E-state index in [0.29, 0.717) is 19.3 Å². The monoisotopic (exact) mass is 427 g/mol. The summed E-state index contributed by atoms with van der Waals surface area (Å²) in [5, 5.41) is 13.6. The van der Waals surface area contributed by atoms with Crippen molar-refractivity contribution < 1.29 is 29.1 Å². The average Bonchev–Trinajstić information content (AvgIpc) is 2.67. The van der Waals surface area contributed by atoms with E-state index in [-0.39, 0.29) is 31.0 Å². The van der Waals surface area contributed by atoms with Crippen molar-refractivity contribution in [1.29, 1.82) is 0 Å². The SMILES string of the molecule is CCCCCCC(=O)CCCCCC(=O)N[C@@H](C)C(=O)N[C@H](CCC(=O)O)C(N)=O. The van der Waals surface area contributed by atoms with Crippen molar-refractivity contribution in [3.63, 3.8) is 0 Å². The van der Waals surface area contributed by atoms with Crippen molar-refractivity contribution in [1.82, 2.24) is 10.6 Å². The maximum absolute atomic E-state index is 12.1. The lowest BCUT2D eigenvalue weighted by molar-refractivity contribution is -0.137. The van der Waals surface area contributed by atoms with Crippen LogP contribution < -0.4 is 16.4 Å². The summed E-state index contributed by atoms with van der Waals surface area (Å²) in [6.07, 6.45) is 7.45. The summed E-state index contributed by atoms with van der Waals surface area (Å²) in [6.45, 7) is 3.60. The van der Waals surface area contributed by atoms with Gasteiger partial charge in [0.1, 0.15) is 17.9 Å².